The summed E-state index contributed by atoms with van der Waals surface area (Å²) in [6.07, 6.45) is 0. The van der Waals surface area contributed by atoms with Gasteiger partial charge in [0.25, 0.3) is 0 Å². The van der Waals surface area contributed by atoms with E-state index in [1.165, 1.54) is 6.07 Å². The molecule has 0 aromatic heterocycles. The molecule has 2 N–H and O–H groups in total. The third kappa shape index (κ3) is 2.36. The molecule has 0 spiro atoms. The molecule has 16 heavy (non-hydrogen) atoms. The highest BCUT2D eigenvalue weighted by atomic mass is 19.2. The van der Waals surface area contributed by atoms with Crippen molar-refractivity contribution in [1.29, 1.82) is 0 Å². The number of halogens is 2. The Hall–Kier alpha value is -1.49. The van der Waals surface area contributed by atoms with E-state index >= 15 is 0 Å². The zero-order valence-electron chi connectivity index (χ0n) is 9.40. The van der Waals surface area contributed by atoms with Crippen LogP contribution in [0, 0.1) is 11.6 Å². The average molecular weight is 228 g/mol. The quantitative estimate of drug-likeness (QED) is 0.770. The lowest BCUT2D eigenvalue weighted by atomic mass is 9.84. The maximum atomic E-state index is 13.0. The first-order valence-electron chi connectivity index (χ1n) is 4.82. The van der Waals surface area contributed by atoms with Crippen molar-refractivity contribution in [1.82, 2.24) is 10.9 Å². The van der Waals surface area contributed by atoms with Gasteiger partial charge in [-0.05, 0) is 31.5 Å². The Bertz CT molecular complexity index is 405. The van der Waals surface area contributed by atoms with Crippen LogP contribution in [-0.2, 0) is 10.2 Å². The summed E-state index contributed by atoms with van der Waals surface area (Å²) in [5.41, 5.74) is 4.40. The van der Waals surface area contributed by atoms with Crippen LogP contribution < -0.4 is 10.9 Å². The van der Waals surface area contributed by atoms with E-state index in [1.807, 2.05) is 0 Å². The topological polar surface area (TPSA) is 41.1 Å². The molecule has 0 bridgehead atoms. The van der Waals surface area contributed by atoms with Crippen LogP contribution in [-0.4, -0.2) is 13.0 Å². The fraction of sp³-hybridized carbons (Fsp3) is 0.364. The van der Waals surface area contributed by atoms with Crippen LogP contribution in [0.3, 0.4) is 0 Å². The van der Waals surface area contributed by atoms with Gasteiger partial charge in [0, 0.05) is 7.05 Å². The van der Waals surface area contributed by atoms with E-state index in [0.717, 1.165) is 12.1 Å². The predicted octanol–water partition coefficient (Wildman–Crippen LogP) is 1.49. The molecule has 0 saturated heterocycles. The first-order valence-corrected chi connectivity index (χ1v) is 4.82. The van der Waals surface area contributed by atoms with Crippen molar-refractivity contribution in [2.45, 2.75) is 19.3 Å². The maximum Gasteiger partial charge on any atom is 0.244 e. The number of rotatable bonds is 3. The van der Waals surface area contributed by atoms with Gasteiger partial charge in [-0.1, -0.05) is 6.07 Å². The number of hydrazine groups is 1. The molecule has 5 heteroatoms. The fourth-order valence-electron chi connectivity index (χ4n) is 1.29. The molecule has 0 saturated carbocycles. The number of hydrogen-bond acceptors (Lipinski definition) is 2. The summed E-state index contributed by atoms with van der Waals surface area (Å²) in [5, 5.41) is 0. The summed E-state index contributed by atoms with van der Waals surface area (Å²) < 4.78 is 25.8. The molecule has 1 aromatic rings. The molecular formula is C11H14F2N2O. The van der Waals surface area contributed by atoms with Crippen LogP contribution in [0.5, 0.6) is 0 Å². The summed E-state index contributed by atoms with van der Waals surface area (Å²) in [6, 6.07) is 3.44. The van der Waals surface area contributed by atoms with Crippen molar-refractivity contribution in [2.75, 3.05) is 7.05 Å². The SMILES string of the molecule is CNNC(=O)C(C)(C)c1ccc(F)c(F)c1. The van der Waals surface area contributed by atoms with Gasteiger partial charge in [0.15, 0.2) is 11.6 Å². The van der Waals surface area contributed by atoms with Gasteiger partial charge in [-0.25, -0.2) is 14.2 Å². The second-order valence-electron chi connectivity index (χ2n) is 3.96. The lowest BCUT2D eigenvalue weighted by Gasteiger charge is -2.23. The number of benzene rings is 1. The van der Waals surface area contributed by atoms with E-state index in [0.29, 0.717) is 5.56 Å². The molecule has 0 unspecified atom stereocenters. The molecule has 0 aliphatic rings. The van der Waals surface area contributed by atoms with Crippen LogP contribution >= 0.6 is 0 Å². The van der Waals surface area contributed by atoms with Gasteiger partial charge in [-0.3, -0.25) is 10.2 Å². The second-order valence-corrected chi connectivity index (χ2v) is 3.96. The van der Waals surface area contributed by atoms with E-state index in [-0.39, 0.29) is 5.91 Å². The van der Waals surface area contributed by atoms with Crippen LogP contribution in [0.1, 0.15) is 19.4 Å². The average Bonchev–Trinajstić information content (AvgIpc) is 2.22. The molecule has 3 nitrogen and oxygen atoms in total. The van der Waals surface area contributed by atoms with Gasteiger partial charge < -0.3 is 0 Å². The van der Waals surface area contributed by atoms with Crippen molar-refractivity contribution in [2.24, 2.45) is 0 Å². The number of nitrogens with one attached hydrogen (secondary N) is 2. The Morgan fingerprint density at radius 1 is 1.25 bits per heavy atom. The molecule has 0 fully saturated rings. The second kappa shape index (κ2) is 4.57. The maximum absolute atomic E-state index is 13.0. The van der Waals surface area contributed by atoms with Gasteiger partial charge in [0.1, 0.15) is 0 Å². The van der Waals surface area contributed by atoms with Crippen molar-refractivity contribution in [3.05, 3.63) is 35.4 Å². The smallest absolute Gasteiger partial charge is 0.244 e. The summed E-state index contributed by atoms with van der Waals surface area (Å²) in [5.74, 6) is -2.20. The first-order chi connectivity index (χ1) is 7.39. The summed E-state index contributed by atoms with van der Waals surface area (Å²) in [7, 11) is 1.55. The minimum Gasteiger partial charge on any atom is -0.291 e. The molecular weight excluding hydrogens is 214 g/mol. The fourth-order valence-corrected chi connectivity index (χ4v) is 1.29. The molecule has 0 atom stereocenters. The van der Waals surface area contributed by atoms with Gasteiger partial charge in [0.2, 0.25) is 5.91 Å². The summed E-state index contributed by atoms with van der Waals surface area (Å²) in [6.45, 7) is 3.26. The van der Waals surface area contributed by atoms with Crippen molar-refractivity contribution in [3.63, 3.8) is 0 Å². The lowest BCUT2D eigenvalue weighted by molar-refractivity contribution is -0.126. The lowest BCUT2D eigenvalue weighted by Crippen LogP contribution is -2.45. The zero-order chi connectivity index (χ0) is 12.3. The van der Waals surface area contributed by atoms with Crippen molar-refractivity contribution < 1.29 is 13.6 Å². The van der Waals surface area contributed by atoms with Crippen LogP contribution in [0.15, 0.2) is 18.2 Å². The third-order valence-corrected chi connectivity index (χ3v) is 2.45. The van der Waals surface area contributed by atoms with Crippen molar-refractivity contribution >= 4 is 5.91 Å². The molecule has 0 aliphatic heterocycles. The summed E-state index contributed by atoms with van der Waals surface area (Å²) >= 11 is 0. The van der Waals surface area contributed by atoms with Crippen molar-refractivity contribution in [3.8, 4) is 0 Å². The number of amides is 1. The van der Waals surface area contributed by atoms with Crippen LogP contribution in [0.4, 0.5) is 8.78 Å². The largest absolute Gasteiger partial charge is 0.291 e. The standard InChI is InChI=1S/C11H14F2N2O/c1-11(2,10(16)15-14-3)7-4-5-8(12)9(13)6-7/h4-6,14H,1-3H3,(H,15,16). The van der Waals surface area contributed by atoms with Gasteiger partial charge >= 0.3 is 0 Å². The Balaban J connectivity index is 3.06. The molecule has 1 aromatic carbocycles. The highest BCUT2D eigenvalue weighted by Crippen LogP contribution is 2.24. The number of carbonyl (C=O) groups is 1. The molecule has 1 rings (SSSR count). The number of carbonyl (C=O) groups excluding carboxylic acids is 1. The number of hydrogen-bond donors (Lipinski definition) is 2. The minimum atomic E-state index is -0.956. The highest BCUT2D eigenvalue weighted by molar-refractivity contribution is 5.86. The van der Waals surface area contributed by atoms with E-state index in [2.05, 4.69) is 10.9 Å². The van der Waals surface area contributed by atoms with Gasteiger partial charge in [-0.2, -0.15) is 0 Å². The summed E-state index contributed by atoms with van der Waals surface area (Å²) in [4.78, 5) is 11.7. The Morgan fingerprint density at radius 3 is 2.38 bits per heavy atom. The van der Waals surface area contributed by atoms with Gasteiger partial charge in [0.05, 0.1) is 5.41 Å². The Labute approximate surface area is 92.8 Å². The van der Waals surface area contributed by atoms with E-state index in [4.69, 9.17) is 0 Å². The van der Waals surface area contributed by atoms with Crippen LogP contribution in [0.25, 0.3) is 0 Å². The normalized spacial score (nSPS) is 11.3. The zero-order valence-corrected chi connectivity index (χ0v) is 9.40. The highest BCUT2D eigenvalue weighted by Gasteiger charge is 2.30. The first kappa shape index (κ1) is 12.6. The Morgan fingerprint density at radius 2 is 1.88 bits per heavy atom. The molecule has 88 valence electrons. The molecule has 0 aliphatic carbocycles. The molecule has 0 radical (unpaired) electrons. The minimum absolute atomic E-state index is 0.319. The third-order valence-electron chi connectivity index (χ3n) is 2.45. The predicted molar refractivity (Wildman–Crippen MR) is 56.6 cm³/mol. The van der Waals surface area contributed by atoms with Gasteiger partial charge in [-0.15, -0.1) is 0 Å². The van der Waals surface area contributed by atoms with E-state index in [9.17, 15) is 13.6 Å². The van der Waals surface area contributed by atoms with E-state index in [1.54, 1.807) is 20.9 Å². The monoisotopic (exact) mass is 228 g/mol. The Kier molecular flexibility index (Phi) is 3.59. The van der Waals surface area contributed by atoms with E-state index < -0.39 is 17.0 Å². The molecule has 1 amide bonds. The molecule has 0 heterocycles. The van der Waals surface area contributed by atoms with Crippen LogP contribution in [0.2, 0.25) is 0 Å².